The lowest BCUT2D eigenvalue weighted by Gasteiger charge is -2.16. The van der Waals surface area contributed by atoms with E-state index in [1.54, 1.807) is 11.3 Å². The topological polar surface area (TPSA) is 41.1 Å². The Labute approximate surface area is 101 Å². The van der Waals surface area contributed by atoms with Gasteiger partial charge in [0.25, 0.3) is 0 Å². The molecule has 0 radical (unpaired) electrons. The molecule has 16 heavy (non-hydrogen) atoms. The average Bonchev–Trinajstić information content (AvgIpc) is 2.65. The van der Waals surface area contributed by atoms with Crippen LogP contribution in [0.2, 0.25) is 0 Å². The number of aryl methyl sites for hydroxylation is 1. The lowest BCUT2D eigenvalue weighted by Crippen LogP contribution is -2.35. The molecule has 2 unspecified atom stereocenters. The Kier molecular flexibility index (Phi) is 4.96. The quantitative estimate of drug-likeness (QED) is 0.827. The van der Waals surface area contributed by atoms with Crippen molar-refractivity contribution < 1.29 is 4.79 Å². The zero-order valence-electron chi connectivity index (χ0n) is 10.3. The Bertz CT molecular complexity index is 349. The lowest BCUT2D eigenvalue weighted by atomic mass is 10.1. The molecule has 2 N–H and O–H groups in total. The van der Waals surface area contributed by atoms with E-state index in [4.69, 9.17) is 0 Å². The van der Waals surface area contributed by atoms with Crippen molar-refractivity contribution in [2.45, 2.75) is 26.8 Å². The molecule has 3 nitrogen and oxygen atoms in total. The fourth-order valence-corrected chi connectivity index (χ4v) is 2.39. The highest BCUT2D eigenvalue weighted by Crippen LogP contribution is 2.22. The van der Waals surface area contributed by atoms with E-state index in [2.05, 4.69) is 29.7 Å². The second kappa shape index (κ2) is 6.01. The van der Waals surface area contributed by atoms with Gasteiger partial charge in [0.1, 0.15) is 0 Å². The first kappa shape index (κ1) is 13.2. The van der Waals surface area contributed by atoms with E-state index in [9.17, 15) is 4.79 Å². The molecule has 0 aliphatic rings. The van der Waals surface area contributed by atoms with Crippen molar-refractivity contribution in [3.8, 4) is 0 Å². The van der Waals surface area contributed by atoms with Gasteiger partial charge < -0.3 is 10.6 Å². The molecular formula is C12H20N2OS. The fourth-order valence-electron chi connectivity index (χ4n) is 1.51. The van der Waals surface area contributed by atoms with Crippen LogP contribution in [0.3, 0.4) is 0 Å². The zero-order valence-corrected chi connectivity index (χ0v) is 11.1. The van der Waals surface area contributed by atoms with Gasteiger partial charge in [0.2, 0.25) is 5.91 Å². The summed E-state index contributed by atoms with van der Waals surface area (Å²) in [5.74, 6) is 0.112. The number of rotatable bonds is 5. The van der Waals surface area contributed by atoms with Gasteiger partial charge in [0.05, 0.1) is 6.04 Å². The van der Waals surface area contributed by atoms with Crippen molar-refractivity contribution in [2.24, 2.45) is 5.92 Å². The molecule has 0 aliphatic carbocycles. The molecular weight excluding hydrogens is 220 g/mol. The van der Waals surface area contributed by atoms with Gasteiger partial charge in [0.15, 0.2) is 0 Å². The summed E-state index contributed by atoms with van der Waals surface area (Å²) in [7, 11) is 1.86. The number of carbonyl (C=O) groups is 1. The number of hydrogen-bond donors (Lipinski definition) is 2. The van der Waals surface area contributed by atoms with Gasteiger partial charge in [-0.1, -0.05) is 6.92 Å². The van der Waals surface area contributed by atoms with Gasteiger partial charge in [-0.25, -0.2) is 0 Å². The number of thiophene rings is 1. The van der Waals surface area contributed by atoms with Crippen LogP contribution in [0.25, 0.3) is 0 Å². The summed E-state index contributed by atoms with van der Waals surface area (Å²) in [5, 5.41) is 6.03. The van der Waals surface area contributed by atoms with Gasteiger partial charge in [-0.2, -0.15) is 0 Å². The molecule has 2 atom stereocenters. The first-order valence-corrected chi connectivity index (χ1v) is 6.37. The standard InChI is InChI=1S/C12H20N2OS/c1-8(7-13-4)12(15)14-10(3)11-6-5-9(2)16-11/h5-6,8,10,13H,7H2,1-4H3,(H,14,15). The summed E-state index contributed by atoms with van der Waals surface area (Å²) in [5.41, 5.74) is 0. The van der Waals surface area contributed by atoms with E-state index in [0.29, 0.717) is 6.54 Å². The highest BCUT2D eigenvalue weighted by molar-refractivity contribution is 7.12. The molecule has 0 saturated heterocycles. The van der Waals surface area contributed by atoms with E-state index in [0.717, 1.165) is 0 Å². The Morgan fingerprint density at radius 2 is 2.12 bits per heavy atom. The van der Waals surface area contributed by atoms with Crippen molar-refractivity contribution in [2.75, 3.05) is 13.6 Å². The summed E-state index contributed by atoms with van der Waals surface area (Å²) in [4.78, 5) is 14.3. The molecule has 0 fully saturated rings. The van der Waals surface area contributed by atoms with Crippen LogP contribution in [-0.2, 0) is 4.79 Å². The fraction of sp³-hybridized carbons (Fsp3) is 0.583. The molecule has 0 spiro atoms. The van der Waals surface area contributed by atoms with Crippen molar-refractivity contribution in [3.05, 3.63) is 21.9 Å². The van der Waals surface area contributed by atoms with Gasteiger partial charge in [0, 0.05) is 22.2 Å². The molecule has 0 aromatic carbocycles. The average molecular weight is 240 g/mol. The van der Waals surface area contributed by atoms with Crippen molar-refractivity contribution in [1.82, 2.24) is 10.6 Å². The minimum Gasteiger partial charge on any atom is -0.348 e. The number of hydrogen-bond acceptors (Lipinski definition) is 3. The molecule has 0 bridgehead atoms. The molecule has 1 rings (SSSR count). The molecule has 4 heteroatoms. The predicted molar refractivity (Wildman–Crippen MR) is 68.7 cm³/mol. The summed E-state index contributed by atoms with van der Waals surface area (Å²) in [6, 6.07) is 4.26. The third-order valence-electron chi connectivity index (χ3n) is 2.50. The van der Waals surface area contributed by atoms with Crippen molar-refractivity contribution in [3.63, 3.8) is 0 Å². The SMILES string of the molecule is CNCC(C)C(=O)NC(C)c1ccc(C)s1. The minimum absolute atomic E-state index is 0.00788. The predicted octanol–water partition coefficient (Wildman–Crippen LogP) is 2.09. The smallest absolute Gasteiger partial charge is 0.224 e. The maximum absolute atomic E-state index is 11.8. The van der Waals surface area contributed by atoms with Crippen LogP contribution in [0, 0.1) is 12.8 Å². The van der Waals surface area contributed by atoms with E-state index in [1.807, 2.05) is 20.9 Å². The van der Waals surface area contributed by atoms with E-state index < -0.39 is 0 Å². The van der Waals surface area contributed by atoms with Crippen molar-refractivity contribution >= 4 is 17.2 Å². The Hall–Kier alpha value is -0.870. The van der Waals surface area contributed by atoms with Gasteiger partial charge in [-0.05, 0) is 33.0 Å². The first-order chi connectivity index (χ1) is 7.54. The lowest BCUT2D eigenvalue weighted by molar-refractivity contribution is -0.125. The van der Waals surface area contributed by atoms with Gasteiger partial charge >= 0.3 is 0 Å². The van der Waals surface area contributed by atoms with E-state index in [-0.39, 0.29) is 17.9 Å². The minimum atomic E-state index is 0.00788. The van der Waals surface area contributed by atoms with Crippen LogP contribution in [0.15, 0.2) is 12.1 Å². The summed E-state index contributed by atoms with van der Waals surface area (Å²) >= 11 is 1.73. The number of amides is 1. The summed E-state index contributed by atoms with van der Waals surface area (Å²) < 4.78 is 0. The first-order valence-electron chi connectivity index (χ1n) is 5.56. The maximum Gasteiger partial charge on any atom is 0.224 e. The molecule has 1 heterocycles. The second-order valence-corrected chi connectivity index (χ2v) is 5.46. The molecule has 90 valence electrons. The highest BCUT2D eigenvalue weighted by atomic mass is 32.1. The largest absolute Gasteiger partial charge is 0.348 e. The molecule has 1 aromatic heterocycles. The molecule has 1 aromatic rings. The van der Waals surface area contributed by atoms with Crippen LogP contribution < -0.4 is 10.6 Å². The van der Waals surface area contributed by atoms with Crippen LogP contribution in [-0.4, -0.2) is 19.5 Å². The normalized spacial score (nSPS) is 14.5. The Morgan fingerprint density at radius 3 is 2.62 bits per heavy atom. The van der Waals surface area contributed by atoms with E-state index in [1.165, 1.54) is 9.75 Å². The molecule has 0 saturated carbocycles. The summed E-state index contributed by atoms with van der Waals surface area (Å²) in [6.07, 6.45) is 0. The third kappa shape index (κ3) is 3.61. The monoisotopic (exact) mass is 240 g/mol. The van der Waals surface area contributed by atoms with Crippen LogP contribution in [0.5, 0.6) is 0 Å². The van der Waals surface area contributed by atoms with Gasteiger partial charge in [-0.15, -0.1) is 11.3 Å². The van der Waals surface area contributed by atoms with Gasteiger partial charge in [-0.3, -0.25) is 4.79 Å². The van der Waals surface area contributed by atoms with Crippen LogP contribution in [0.1, 0.15) is 29.6 Å². The second-order valence-electron chi connectivity index (χ2n) is 4.14. The molecule has 1 amide bonds. The van der Waals surface area contributed by atoms with E-state index >= 15 is 0 Å². The summed E-state index contributed by atoms with van der Waals surface area (Å²) in [6.45, 7) is 6.74. The third-order valence-corrected chi connectivity index (χ3v) is 3.69. The van der Waals surface area contributed by atoms with Crippen LogP contribution in [0.4, 0.5) is 0 Å². The van der Waals surface area contributed by atoms with Crippen LogP contribution >= 0.6 is 11.3 Å². The number of carbonyl (C=O) groups excluding carboxylic acids is 1. The Balaban J connectivity index is 2.51. The Morgan fingerprint density at radius 1 is 1.44 bits per heavy atom. The highest BCUT2D eigenvalue weighted by Gasteiger charge is 2.16. The number of nitrogens with one attached hydrogen (secondary N) is 2. The molecule has 0 aliphatic heterocycles. The van der Waals surface area contributed by atoms with Crippen molar-refractivity contribution in [1.29, 1.82) is 0 Å². The zero-order chi connectivity index (χ0) is 12.1. The maximum atomic E-state index is 11.8.